The molecule has 20 heavy (non-hydrogen) atoms. The monoisotopic (exact) mass is 340 g/mol. The first kappa shape index (κ1) is 15.8. The van der Waals surface area contributed by atoms with Crippen LogP contribution in [-0.2, 0) is 0 Å². The molecule has 1 saturated heterocycles. The lowest BCUT2D eigenvalue weighted by Gasteiger charge is -2.25. The Morgan fingerprint density at radius 3 is 2.65 bits per heavy atom. The zero-order chi connectivity index (χ0) is 14.9. The van der Waals surface area contributed by atoms with E-state index in [4.69, 9.17) is 10.5 Å². The predicted octanol–water partition coefficient (Wildman–Crippen LogP) is 3.53. The molecule has 1 aliphatic rings. The van der Waals surface area contributed by atoms with Crippen LogP contribution in [0.3, 0.4) is 0 Å². The quantitative estimate of drug-likeness (QED) is 0.911. The van der Waals surface area contributed by atoms with Crippen LogP contribution in [0, 0.1) is 5.92 Å². The number of halogens is 1. The Morgan fingerprint density at radius 1 is 1.45 bits per heavy atom. The third-order valence-corrected chi connectivity index (χ3v) is 4.72. The molecular formula is C16H25BrN2O. The van der Waals surface area contributed by atoms with Crippen molar-refractivity contribution in [1.82, 2.24) is 4.90 Å². The van der Waals surface area contributed by atoms with Gasteiger partial charge in [0, 0.05) is 22.6 Å². The van der Waals surface area contributed by atoms with Gasteiger partial charge in [-0.05, 0) is 49.5 Å². The van der Waals surface area contributed by atoms with E-state index in [1.165, 1.54) is 11.1 Å². The summed E-state index contributed by atoms with van der Waals surface area (Å²) < 4.78 is 6.87. The molecule has 1 heterocycles. The molecule has 1 fully saturated rings. The van der Waals surface area contributed by atoms with Crippen LogP contribution in [0.5, 0.6) is 5.75 Å². The Balaban J connectivity index is 2.45. The summed E-state index contributed by atoms with van der Waals surface area (Å²) in [5.74, 6) is 2.06. The van der Waals surface area contributed by atoms with Crippen molar-refractivity contribution in [2.45, 2.75) is 32.2 Å². The van der Waals surface area contributed by atoms with Gasteiger partial charge in [0.15, 0.2) is 0 Å². The van der Waals surface area contributed by atoms with Crippen LogP contribution in [0.1, 0.15) is 43.4 Å². The smallest absolute Gasteiger partial charge is 0.127 e. The molecule has 0 saturated carbocycles. The molecule has 0 amide bonds. The standard InChI is InChI=1S/C16H25BrN2O/c1-10(2)13-6-12(17)7-14(16(13)20-4)15-5-11(8-18)9-19(15)3/h6-7,10-11,15H,5,8-9,18H2,1-4H3. The van der Waals surface area contributed by atoms with Gasteiger partial charge >= 0.3 is 0 Å². The lowest BCUT2D eigenvalue weighted by molar-refractivity contribution is 0.302. The summed E-state index contributed by atoms with van der Waals surface area (Å²) in [6, 6.07) is 4.76. The van der Waals surface area contributed by atoms with Gasteiger partial charge in [0.2, 0.25) is 0 Å². The third kappa shape index (κ3) is 3.02. The minimum absolute atomic E-state index is 0.397. The van der Waals surface area contributed by atoms with Gasteiger partial charge < -0.3 is 10.5 Å². The zero-order valence-electron chi connectivity index (χ0n) is 12.8. The SMILES string of the molecule is COc1c(C(C)C)cc(Br)cc1C1CC(CN)CN1C. The number of hydrogen-bond donors (Lipinski definition) is 1. The van der Waals surface area contributed by atoms with Crippen molar-refractivity contribution >= 4 is 15.9 Å². The number of benzene rings is 1. The van der Waals surface area contributed by atoms with Gasteiger partial charge in [-0.25, -0.2) is 0 Å². The minimum Gasteiger partial charge on any atom is -0.496 e. The number of ether oxygens (including phenoxy) is 1. The lowest BCUT2D eigenvalue weighted by Crippen LogP contribution is -2.21. The molecule has 3 nitrogen and oxygen atoms in total. The number of nitrogens with zero attached hydrogens (tertiary/aromatic N) is 1. The van der Waals surface area contributed by atoms with E-state index < -0.39 is 0 Å². The first-order valence-electron chi connectivity index (χ1n) is 7.25. The second kappa shape index (κ2) is 6.46. The maximum atomic E-state index is 5.85. The molecule has 1 aromatic rings. The Kier molecular flexibility index (Phi) is 5.10. The molecule has 2 rings (SSSR count). The Morgan fingerprint density at radius 2 is 2.15 bits per heavy atom. The number of nitrogens with two attached hydrogens (primary N) is 1. The Bertz CT molecular complexity index is 476. The fourth-order valence-electron chi connectivity index (χ4n) is 3.19. The molecule has 4 heteroatoms. The average Bonchev–Trinajstić information content (AvgIpc) is 2.78. The highest BCUT2D eigenvalue weighted by molar-refractivity contribution is 9.10. The van der Waals surface area contributed by atoms with Gasteiger partial charge in [-0.15, -0.1) is 0 Å². The van der Waals surface area contributed by atoms with Crippen LogP contribution < -0.4 is 10.5 Å². The molecule has 1 aliphatic heterocycles. The maximum Gasteiger partial charge on any atom is 0.127 e. The largest absolute Gasteiger partial charge is 0.496 e. The predicted molar refractivity (Wildman–Crippen MR) is 87.3 cm³/mol. The first-order chi connectivity index (χ1) is 9.47. The molecule has 2 N–H and O–H groups in total. The second-order valence-corrected chi connectivity index (χ2v) is 6.98. The summed E-state index contributed by atoms with van der Waals surface area (Å²) in [6.45, 7) is 6.23. The van der Waals surface area contributed by atoms with E-state index in [0.29, 0.717) is 17.9 Å². The highest BCUT2D eigenvalue weighted by atomic mass is 79.9. The lowest BCUT2D eigenvalue weighted by atomic mass is 9.93. The first-order valence-corrected chi connectivity index (χ1v) is 8.04. The molecule has 2 unspecified atom stereocenters. The van der Waals surface area contributed by atoms with Crippen molar-refractivity contribution in [2.75, 3.05) is 27.2 Å². The van der Waals surface area contributed by atoms with E-state index in [-0.39, 0.29) is 0 Å². The van der Waals surface area contributed by atoms with E-state index in [9.17, 15) is 0 Å². The number of hydrogen-bond acceptors (Lipinski definition) is 3. The van der Waals surface area contributed by atoms with Crippen LogP contribution >= 0.6 is 15.9 Å². The molecule has 0 bridgehead atoms. The fraction of sp³-hybridized carbons (Fsp3) is 0.625. The number of likely N-dealkylation sites (tertiary alicyclic amines) is 1. The molecule has 0 aliphatic carbocycles. The van der Waals surface area contributed by atoms with Crippen molar-refractivity contribution in [3.63, 3.8) is 0 Å². The summed E-state index contributed by atoms with van der Waals surface area (Å²) in [4.78, 5) is 2.39. The molecule has 2 atom stereocenters. The summed E-state index contributed by atoms with van der Waals surface area (Å²) in [5.41, 5.74) is 8.39. The van der Waals surface area contributed by atoms with E-state index in [1.807, 2.05) is 0 Å². The normalized spacial score (nSPS) is 23.6. The van der Waals surface area contributed by atoms with Gasteiger partial charge in [-0.1, -0.05) is 29.8 Å². The highest BCUT2D eigenvalue weighted by Gasteiger charge is 2.32. The van der Waals surface area contributed by atoms with Crippen LogP contribution in [0.4, 0.5) is 0 Å². The van der Waals surface area contributed by atoms with E-state index >= 15 is 0 Å². The van der Waals surface area contributed by atoms with Gasteiger partial charge in [0.05, 0.1) is 7.11 Å². The Hall–Kier alpha value is -0.580. The van der Waals surface area contributed by atoms with Crippen LogP contribution in [0.25, 0.3) is 0 Å². The van der Waals surface area contributed by atoms with E-state index in [1.54, 1.807) is 7.11 Å². The summed E-state index contributed by atoms with van der Waals surface area (Å²) in [5, 5.41) is 0. The van der Waals surface area contributed by atoms with Crippen molar-refractivity contribution < 1.29 is 4.74 Å². The average molecular weight is 341 g/mol. The van der Waals surface area contributed by atoms with Crippen molar-refractivity contribution in [3.8, 4) is 5.75 Å². The number of methoxy groups -OCH3 is 1. The molecule has 0 radical (unpaired) electrons. The van der Waals surface area contributed by atoms with Gasteiger partial charge in [0.25, 0.3) is 0 Å². The maximum absolute atomic E-state index is 5.85. The van der Waals surface area contributed by atoms with E-state index in [0.717, 1.165) is 29.7 Å². The van der Waals surface area contributed by atoms with E-state index in [2.05, 4.69) is 53.9 Å². The zero-order valence-corrected chi connectivity index (χ0v) is 14.4. The summed E-state index contributed by atoms with van der Waals surface area (Å²) >= 11 is 3.65. The highest BCUT2D eigenvalue weighted by Crippen LogP contribution is 2.42. The molecule has 112 valence electrons. The van der Waals surface area contributed by atoms with Crippen LogP contribution in [0.15, 0.2) is 16.6 Å². The van der Waals surface area contributed by atoms with Gasteiger partial charge in [-0.3, -0.25) is 4.90 Å². The van der Waals surface area contributed by atoms with Crippen LogP contribution in [0.2, 0.25) is 0 Å². The summed E-state index contributed by atoms with van der Waals surface area (Å²) in [6.07, 6.45) is 1.11. The molecule has 0 spiro atoms. The third-order valence-electron chi connectivity index (χ3n) is 4.26. The second-order valence-electron chi connectivity index (χ2n) is 6.06. The number of rotatable bonds is 4. The molecular weight excluding hydrogens is 316 g/mol. The summed E-state index contributed by atoms with van der Waals surface area (Å²) in [7, 11) is 3.95. The Labute approximate surface area is 130 Å². The molecule has 0 aromatic heterocycles. The van der Waals surface area contributed by atoms with Gasteiger partial charge in [-0.2, -0.15) is 0 Å². The van der Waals surface area contributed by atoms with Gasteiger partial charge in [0.1, 0.15) is 5.75 Å². The topological polar surface area (TPSA) is 38.5 Å². The van der Waals surface area contributed by atoms with Crippen LogP contribution in [-0.4, -0.2) is 32.1 Å². The fourth-order valence-corrected chi connectivity index (χ4v) is 3.68. The minimum atomic E-state index is 0.397. The molecule has 1 aromatic carbocycles. The van der Waals surface area contributed by atoms with Crippen molar-refractivity contribution in [2.24, 2.45) is 11.7 Å². The van der Waals surface area contributed by atoms with Crippen molar-refractivity contribution in [3.05, 3.63) is 27.7 Å². The van der Waals surface area contributed by atoms with Crippen molar-refractivity contribution in [1.29, 1.82) is 0 Å².